The lowest BCUT2D eigenvalue weighted by Crippen LogP contribution is -2.01. The van der Waals surface area contributed by atoms with Crippen LogP contribution < -0.4 is 5.32 Å². The molecule has 0 saturated heterocycles. The monoisotopic (exact) mass is 248 g/mol. The number of nitro groups is 1. The Morgan fingerprint density at radius 3 is 2.78 bits per heavy atom. The molecule has 2 heterocycles. The van der Waals surface area contributed by atoms with Crippen LogP contribution in [0.2, 0.25) is 0 Å². The van der Waals surface area contributed by atoms with Crippen molar-refractivity contribution < 1.29 is 9.34 Å². The summed E-state index contributed by atoms with van der Waals surface area (Å²) in [4.78, 5) is 18.0. The summed E-state index contributed by atoms with van der Waals surface area (Å²) in [6.45, 7) is 2.38. The standard InChI is InChI=1S/C11H12N4O3/c1-2-9-6-14-11(18-9)7-13-10-4-3-8(5-12-10)15(16)17/h3-6H,2,7H2,1H3,(H,12,13). The maximum absolute atomic E-state index is 10.4. The zero-order valence-electron chi connectivity index (χ0n) is 9.79. The Kier molecular flexibility index (Phi) is 3.52. The average Bonchev–Trinajstić information content (AvgIpc) is 2.85. The van der Waals surface area contributed by atoms with Crippen molar-refractivity contribution in [2.75, 3.05) is 5.32 Å². The minimum Gasteiger partial charge on any atom is -0.444 e. The van der Waals surface area contributed by atoms with E-state index in [4.69, 9.17) is 4.42 Å². The van der Waals surface area contributed by atoms with E-state index in [-0.39, 0.29) is 5.69 Å². The van der Waals surface area contributed by atoms with E-state index in [9.17, 15) is 10.1 Å². The number of aryl methyl sites for hydroxylation is 1. The molecule has 0 unspecified atom stereocenters. The van der Waals surface area contributed by atoms with E-state index in [1.165, 1.54) is 12.3 Å². The summed E-state index contributed by atoms with van der Waals surface area (Å²) in [7, 11) is 0. The Labute approximate surface area is 103 Å². The number of pyridine rings is 1. The van der Waals surface area contributed by atoms with Crippen LogP contribution in [-0.4, -0.2) is 14.9 Å². The molecular formula is C11H12N4O3. The van der Waals surface area contributed by atoms with Crippen LogP contribution in [0.25, 0.3) is 0 Å². The van der Waals surface area contributed by atoms with Crippen LogP contribution in [-0.2, 0) is 13.0 Å². The zero-order valence-corrected chi connectivity index (χ0v) is 9.79. The summed E-state index contributed by atoms with van der Waals surface area (Å²) in [5.74, 6) is 1.92. The largest absolute Gasteiger partial charge is 0.444 e. The van der Waals surface area contributed by atoms with Crippen LogP contribution >= 0.6 is 0 Å². The summed E-state index contributed by atoms with van der Waals surface area (Å²) in [6, 6.07) is 2.93. The van der Waals surface area contributed by atoms with Gasteiger partial charge in [0.2, 0.25) is 5.89 Å². The highest BCUT2D eigenvalue weighted by atomic mass is 16.6. The summed E-state index contributed by atoms with van der Waals surface area (Å²) < 4.78 is 5.41. The van der Waals surface area contributed by atoms with Gasteiger partial charge < -0.3 is 9.73 Å². The van der Waals surface area contributed by atoms with Crippen molar-refractivity contribution in [2.45, 2.75) is 19.9 Å². The summed E-state index contributed by atoms with van der Waals surface area (Å²) in [6.07, 6.45) is 3.68. The van der Waals surface area contributed by atoms with Gasteiger partial charge in [0.25, 0.3) is 5.69 Å². The molecule has 2 aromatic heterocycles. The molecule has 0 aliphatic heterocycles. The van der Waals surface area contributed by atoms with Gasteiger partial charge in [0.05, 0.1) is 17.7 Å². The lowest BCUT2D eigenvalue weighted by Gasteiger charge is -2.01. The molecule has 1 N–H and O–H groups in total. The molecular weight excluding hydrogens is 236 g/mol. The fourth-order valence-electron chi connectivity index (χ4n) is 1.36. The van der Waals surface area contributed by atoms with Crippen LogP contribution in [0, 0.1) is 10.1 Å². The number of nitrogens with zero attached hydrogens (tertiary/aromatic N) is 3. The van der Waals surface area contributed by atoms with E-state index in [2.05, 4.69) is 15.3 Å². The molecule has 2 aromatic rings. The lowest BCUT2D eigenvalue weighted by atomic mass is 10.4. The molecule has 0 bridgehead atoms. The predicted molar refractivity (Wildman–Crippen MR) is 64.1 cm³/mol. The fourth-order valence-corrected chi connectivity index (χ4v) is 1.36. The number of hydrogen-bond acceptors (Lipinski definition) is 6. The molecule has 2 rings (SSSR count). The summed E-state index contributed by atoms with van der Waals surface area (Å²) >= 11 is 0. The normalized spacial score (nSPS) is 10.3. The Morgan fingerprint density at radius 2 is 2.22 bits per heavy atom. The topological polar surface area (TPSA) is 94.1 Å². The van der Waals surface area contributed by atoms with Crippen molar-refractivity contribution in [3.8, 4) is 0 Å². The van der Waals surface area contributed by atoms with E-state index in [0.29, 0.717) is 18.3 Å². The first-order valence-electron chi connectivity index (χ1n) is 5.47. The molecule has 0 aromatic carbocycles. The second-order valence-corrected chi connectivity index (χ2v) is 3.59. The van der Waals surface area contributed by atoms with Crippen molar-refractivity contribution in [3.05, 3.63) is 46.3 Å². The molecule has 0 aliphatic carbocycles. The molecule has 0 saturated carbocycles. The smallest absolute Gasteiger partial charge is 0.287 e. The second-order valence-electron chi connectivity index (χ2n) is 3.59. The number of hydrogen-bond donors (Lipinski definition) is 1. The van der Waals surface area contributed by atoms with Gasteiger partial charge in [0.15, 0.2) is 0 Å². The van der Waals surface area contributed by atoms with Gasteiger partial charge in [0, 0.05) is 12.5 Å². The average molecular weight is 248 g/mol. The molecule has 0 amide bonds. The highest BCUT2D eigenvalue weighted by molar-refractivity contribution is 5.39. The maximum Gasteiger partial charge on any atom is 0.287 e. The third kappa shape index (κ3) is 2.82. The third-order valence-corrected chi connectivity index (χ3v) is 2.33. The van der Waals surface area contributed by atoms with Crippen molar-refractivity contribution in [3.63, 3.8) is 0 Å². The molecule has 7 heteroatoms. The van der Waals surface area contributed by atoms with Gasteiger partial charge in [-0.2, -0.15) is 0 Å². The van der Waals surface area contributed by atoms with Gasteiger partial charge in [-0.15, -0.1) is 0 Å². The highest BCUT2D eigenvalue weighted by Crippen LogP contribution is 2.13. The Balaban J connectivity index is 1.95. The number of anilines is 1. The molecule has 0 atom stereocenters. The number of oxazole rings is 1. The van der Waals surface area contributed by atoms with Crippen molar-refractivity contribution in [1.29, 1.82) is 0 Å². The lowest BCUT2D eigenvalue weighted by molar-refractivity contribution is -0.385. The van der Waals surface area contributed by atoms with Crippen LogP contribution in [0.3, 0.4) is 0 Å². The van der Waals surface area contributed by atoms with Gasteiger partial charge in [-0.3, -0.25) is 10.1 Å². The number of rotatable bonds is 5. The van der Waals surface area contributed by atoms with E-state index >= 15 is 0 Å². The molecule has 7 nitrogen and oxygen atoms in total. The number of nitrogens with one attached hydrogen (secondary N) is 1. The first-order valence-corrected chi connectivity index (χ1v) is 5.47. The highest BCUT2D eigenvalue weighted by Gasteiger charge is 2.06. The fraction of sp³-hybridized carbons (Fsp3) is 0.273. The van der Waals surface area contributed by atoms with Gasteiger partial charge in [-0.05, 0) is 6.07 Å². The zero-order chi connectivity index (χ0) is 13.0. The van der Waals surface area contributed by atoms with Crippen LogP contribution in [0.5, 0.6) is 0 Å². The minimum atomic E-state index is -0.488. The molecule has 94 valence electrons. The summed E-state index contributed by atoms with van der Waals surface area (Å²) in [5.41, 5.74) is -0.0371. The molecule has 0 aliphatic rings. The van der Waals surface area contributed by atoms with E-state index in [1.54, 1.807) is 12.3 Å². The molecule has 18 heavy (non-hydrogen) atoms. The quantitative estimate of drug-likeness (QED) is 0.643. The third-order valence-electron chi connectivity index (χ3n) is 2.33. The van der Waals surface area contributed by atoms with Crippen LogP contribution in [0.4, 0.5) is 11.5 Å². The van der Waals surface area contributed by atoms with E-state index in [0.717, 1.165) is 12.2 Å². The summed E-state index contributed by atoms with van der Waals surface area (Å²) in [5, 5.41) is 13.4. The maximum atomic E-state index is 10.4. The van der Waals surface area contributed by atoms with Crippen molar-refractivity contribution in [2.24, 2.45) is 0 Å². The molecule has 0 fully saturated rings. The SMILES string of the molecule is CCc1cnc(CNc2ccc([N+](=O)[O-])cn2)o1. The van der Waals surface area contributed by atoms with Gasteiger partial charge in [-0.25, -0.2) is 9.97 Å². The first-order chi connectivity index (χ1) is 8.69. The molecule has 0 radical (unpaired) electrons. The van der Waals surface area contributed by atoms with Crippen molar-refractivity contribution in [1.82, 2.24) is 9.97 Å². The Hall–Kier alpha value is -2.44. The Morgan fingerprint density at radius 1 is 1.39 bits per heavy atom. The number of aromatic nitrogens is 2. The van der Waals surface area contributed by atoms with E-state index in [1.807, 2.05) is 6.92 Å². The van der Waals surface area contributed by atoms with Crippen molar-refractivity contribution >= 4 is 11.5 Å². The van der Waals surface area contributed by atoms with Gasteiger partial charge in [-0.1, -0.05) is 6.92 Å². The van der Waals surface area contributed by atoms with Crippen LogP contribution in [0.15, 0.2) is 28.9 Å². The van der Waals surface area contributed by atoms with E-state index < -0.39 is 4.92 Å². The predicted octanol–water partition coefficient (Wildman–Crippen LogP) is 2.15. The minimum absolute atomic E-state index is 0.0371. The molecule has 0 spiro atoms. The Bertz CT molecular complexity index is 535. The second kappa shape index (κ2) is 5.26. The first kappa shape index (κ1) is 12.0. The van der Waals surface area contributed by atoms with Gasteiger partial charge in [0.1, 0.15) is 17.8 Å². The van der Waals surface area contributed by atoms with Gasteiger partial charge >= 0.3 is 0 Å². The van der Waals surface area contributed by atoms with Crippen LogP contribution in [0.1, 0.15) is 18.6 Å².